The van der Waals surface area contributed by atoms with Crippen LogP contribution in [-0.4, -0.2) is 31.4 Å². The van der Waals surface area contributed by atoms with Crippen molar-refractivity contribution >= 4 is 49.5 Å². The van der Waals surface area contributed by atoms with E-state index in [9.17, 15) is 18.5 Å². The number of nitrogens with zero attached hydrogens (tertiary/aromatic N) is 3. The van der Waals surface area contributed by atoms with E-state index >= 15 is 0 Å². The van der Waals surface area contributed by atoms with Gasteiger partial charge in [-0.15, -0.1) is 27.1 Å². The van der Waals surface area contributed by atoms with Crippen LogP contribution in [0.25, 0.3) is 0 Å². The summed E-state index contributed by atoms with van der Waals surface area (Å²) in [6.07, 6.45) is 4.19. The quantitative estimate of drug-likeness (QED) is 0.828. The molecule has 0 saturated carbocycles. The van der Waals surface area contributed by atoms with E-state index in [1.807, 2.05) is 5.38 Å². The van der Waals surface area contributed by atoms with Gasteiger partial charge in [0.05, 0.1) is 16.2 Å². The second-order valence-corrected chi connectivity index (χ2v) is 9.73. The normalized spacial score (nSPS) is 17.7. The molecule has 10 heteroatoms. The Labute approximate surface area is 164 Å². The number of aryl methyl sites for hydroxylation is 1. The fourth-order valence-electron chi connectivity index (χ4n) is 3.08. The van der Waals surface area contributed by atoms with Crippen molar-refractivity contribution in [2.45, 2.75) is 19.3 Å². The molecular weight excluding hydrogens is 404 g/mol. The van der Waals surface area contributed by atoms with Crippen LogP contribution >= 0.6 is 22.7 Å². The third-order valence-corrected chi connectivity index (χ3v) is 7.85. The van der Waals surface area contributed by atoms with Crippen LogP contribution in [-0.2, 0) is 27.8 Å². The summed E-state index contributed by atoms with van der Waals surface area (Å²) in [5.41, 5.74) is 1.67. The van der Waals surface area contributed by atoms with Crippen LogP contribution in [0.2, 0.25) is 0 Å². The van der Waals surface area contributed by atoms with E-state index in [4.69, 9.17) is 0 Å². The number of rotatable bonds is 3. The average Bonchev–Trinajstić information content (AvgIpc) is 3.33. The molecule has 1 aliphatic carbocycles. The van der Waals surface area contributed by atoms with Gasteiger partial charge in [0, 0.05) is 11.9 Å². The van der Waals surface area contributed by atoms with Gasteiger partial charge in [0.2, 0.25) is 0 Å². The van der Waals surface area contributed by atoms with Crippen LogP contribution in [0.1, 0.15) is 27.3 Å². The number of carbonyl (C=O) groups is 1. The lowest BCUT2D eigenvalue weighted by molar-refractivity contribution is -0.113. The number of nitrogens with one attached hydrogen (secondary N) is 1. The Morgan fingerprint density at radius 1 is 1.41 bits per heavy atom. The zero-order chi connectivity index (χ0) is 19.2. The molecule has 1 N–H and O–H groups in total. The Morgan fingerprint density at radius 3 is 2.93 bits per heavy atom. The van der Waals surface area contributed by atoms with Gasteiger partial charge in [-0.05, 0) is 42.3 Å². The average molecular weight is 419 g/mol. The molecule has 0 unspecified atom stereocenters. The summed E-state index contributed by atoms with van der Waals surface area (Å²) in [6, 6.07) is 5.69. The zero-order valence-corrected chi connectivity index (χ0v) is 16.7. The molecule has 1 amide bonds. The lowest BCUT2D eigenvalue weighted by Gasteiger charge is -2.23. The summed E-state index contributed by atoms with van der Waals surface area (Å²) in [5, 5.41) is 14.5. The highest BCUT2D eigenvalue weighted by molar-refractivity contribution is 7.88. The maximum atomic E-state index is 12.8. The molecule has 4 rings (SSSR count). The molecule has 0 aromatic carbocycles. The minimum Gasteiger partial charge on any atom is -0.311 e. The number of hydrogen-bond donors (Lipinski definition) is 1. The summed E-state index contributed by atoms with van der Waals surface area (Å²) in [7, 11) is -2.71. The third-order valence-electron chi connectivity index (χ3n) is 4.44. The number of allylic oxidation sites excluding steroid dienone is 1. The summed E-state index contributed by atoms with van der Waals surface area (Å²) >= 11 is 2.73. The number of carbonyl (C=O) groups excluding carboxylic acids is 1. The first-order valence-corrected chi connectivity index (χ1v) is 11.2. The van der Waals surface area contributed by atoms with Gasteiger partial charge in [-0.2, -0.15) is 13.7 Å². The molecule has 0 saturated heterocycles. The Balaban J connectivity index is 1.69. The smallest absolute Gasteiger partial charge is 0.311 e. The van der Waals surface area contributed by atoms with Gasteiger partial charge in [0.15, 0.2) is 0 Å². The maximum Gasteiger partial charge on any atom is 0.345 e. The minimum atomic E-state index is -4.00. The summed E-state index contributed by atoms with van der Waals surface area (Å²) in [6.45, 7) is 0. The SMILES string of the molecule is CN1C(C(=O)Nc2sc3c(c2C#N)CCC3)=CC(c2cccs2)=NS1(=O)=O. The van der Waals surface area contributed by atoms with Crippen molar-refractivity contribution in [1.29, 1.82) is 5.26 Å². The minimum absolute atomic E-state index is 0.0363. The highest BCUT2D eigenvalue weighted by atomic mass is 32.2. The van der Waals surface area contributed by atoms with Gasteiger partial charge in [-0.3, -0.25) is 4.79 Å². The predicted octanol–water partition coefficient (Wildman–Crippen LogP) is 2.67. The zero-order valence-electron chi connectivity index (χ0n) is 14.2. The highest BCUT2D eigenvalue weighted by Gasteiger charge is 2.31. The number of likely N-dealkylation sites (N-methyl/N-ethyl adjacent to an activating group) is 1. The van der Waals surface area contributed by atoms with Gasteiger partial charge in [-0.1, -0.05) is 6.07 Å². The van der Waals surface area contributed by atoms with E-state index in [0.717, 1.165) is 34.0 Å². The van der Waals surface area contributed by atoms with Crippen LogP contribution in [0.4, 0.5) is 5.00 Å². The van der Waals surface area contributed by atoms with Crippen molar-refractivity contribution in [2.75, 3.05) is 12.4 Å². The molecular formula is C17H14N4O3S3. The predicted molar refractivity (Wildman–Crippen MR) is 105 cm³/mol. The summed E-state index contributed by atoms with van der Waals surface area (Å²) in [5.74, 6) is -0.582. The Bertz CT molecular complexity index is 1130. The van der Waals surface area contributed by atoms with E-state index in [1.165, 1.54) is 35.8 Å². The van der Waals surface area contributed by atoms with Gasteiger partial charge in [0.25, 0.3) is 5.91 Å². The first-order valence-electron chi connectivity index (χ1n) is 8.11. The molecule has 0 bridgehead atoms. The maximum absolute atomic E-state index is 12.8. The number of thiophene rings is 2. The van der Waals surface area contributed by atoms with Gasteiger partial charge in [-0.25, -0.2) is 4.31 Å². The molecule has 138 valence electrons. The van der Waals surface area contributed by atoms with Crippen molar-refractivity contribution < 1.29 is 13.2 Å². The highest BCUT2D eigenvalue weighted by Crippen LogP contribution is 2.39. The fourth-order valence-corrected chi connectivity index (χ4v) is 5.97. The van der Waals surface area contributed by atoms with Crippen molar-refractivity contribution in [2.24, 2.45) is 4.40 Å². The topological polar surface area (TPSA) is 103 Å². The molecule has 1 aliphatic heterocycles. The van der Waals surface area contributed by atoms with Crippen molar-refractivity contribution in [3.63, 3.8) is 0 Å². The van der Waals surface area contributed by atoms with Gasteiger partial charge in [0.1, 0.15) is 16.8 Å². The van der Waals surface area contributed by atoms with Crippen LogP contribution in [0.5, 0.6) is 0 Å². The van der Waals surface area contributed by atoms with Crippen LogP contribution in [0.3, 0.4) is 0 Å². The van der Waals surface area contributed by atoms with E-state index in [0.29, 0.717) is 15.4 Å². The molecule has 27 heavy (non-hydrogen) atoms. The molecule has 2 aromatic heterocycles. The Morgan fingerprint density at radius 2 is 2.22 bits per heavy atom. The second kappa shape index (κ2) is 6.60. The summed E-state index contributed by atoms with van der Waals surface area (Å²) in [4.78, 5) is 14.6. The molecule has 3 heterocycles. The van der Waals surface area contributed by atoms with Gasteiger partial charge < -0.3 is 5.32 Å². The summed E-state index contributed by atoms with van der Waals surface area (Å²) < 4.78 is 29.4. The van der Waals surface area contributed by atoms with E-state index in [-0.39, 0.29) is 11.4 Å². The molecule has 0 fully saturated rings. The van der Waals surface area contributed by atoms with Crippen LogP contribution in [0, 0.1) is 11.3 Å². The Hall–Kier alpha value is -2.48. The van der Waals surface area contributed by atoms with Gasteiger partial charge >= 0.3 is 10.2 Å². The molecule has 0 radical (unpaired) electrons. The second-order valence-electron chi connectivity index (χ2n) is 6.06. The fraction of sp³-hybridized carbons (Fsp3) is 0.235. The van der Waals surface area contributed by atoms with Crippen LogP contribution < -0.4 is 5.32 Å². The van der Waals surface area contributed by atoms with Crippen molar-refractivity contribution in [3.8, 4) is 6.07 Å². The van der Waals surface area contributed by atoms with Crippen molar-refractivity contribution in [3.05, 3.63) is 50.2 Å². The number of fused-ring (bicyclic) bond motifs is 1. The van der Waals surface area contributed by atoms with Crippen molar-refractivity contribution in [1.82, 2.24) is 4.31 Å². The number of anilines is 1. The molecule has 2 aliphatic rings. The standard InChI is InChI=1S/C17H14N4O3S3/c1-21-13(8-12(20-27(21,23)24)15-6-3-7-25-15)16(22)19-17-11(9-18)10-4-2-5-14(10)26-17/h3,6-8H,2,4-5H2,1H3,(H,19,22). The first-order chi connectivity index (χ1) is 12.9. The molecule has 2 aromatic rings. The Kier molecular flexibility index (Phi) is 4.38. The number of amides is 1. The molecule has 7 nitrogen and oxygen atoms in total. The molecule has 0 atom stereocenters. The monoisotopic (exact) mass is 418 g/mol. The lowest BCUT2D eigenvalue weighted by Crippen LogP contribution is -2.35. The first kappa shape index (κ1) is 17.9. The van der Waals surface area contributed by atoms with E-state index in [1.54, 1.807) is 12.1 Å². The molecule has 0 spiro atoms. The lowest BCUT2D eigenvalue weighted by atomic mass is 10.1. The van der Waals surface area contributed by atoms with E-state index < -0.39 is 16.1 Å². The number of hydrogen-bond acceptors (Lipinski definition) is 6. The third kappa shape index (κ3) is 3.07. The van der Waals surface area contributed by atoms with E-state index in [2.05, 4.69) is 15.8 Å². The number of nitriles is 1. The van der Waals surface area contributed by atoms with Crippen LogP contribution in [0.15, 0.2) is 33.7 Å². The largest absolute Gasteiger partial charge is 0.345 e.